The van der Waals surface area contributed by atoms with Gasteiger partial charge in [0.2, 0.25) is 5.91 Å². The quantitative estimate of drug-likeness (QED) is 0.805. The molecule has 18 heavy (non-hydrogen) atoms. The van der Waals surface area contributed by atoms with Gasteiger partial charge in [0.15, 0.2) is 0 Å². The number of amides is 1. The van der Waals surface area contributed by atoms with Crippen LogP contribution in [0.4, 0.5) is 11.4 Å². The number of carbonyl (C=O) groups is 1. The summed E-state index contributed by atoms with van der Waals surface area (Å²) in [5.41, 5.74) is 7.07. The first kappa shape index (κ1) is 12.7. The molecule has 0 heterocycles. The Bertz CT molecular complexity index is 426. The molecule has 1 aromatic rings. The third kappa shape index (κ3) is 3.15. The Labute approximate surface area is 108 Å². The summed E-state index contributed by atoms with van der Waals surface area (Å²) in [5.74, 6) is 1.26. The second kappa shape index (κ2) is 5.76. The van der Waals surface area contributed by atoms with Gasteiger partial charge in [-0.05, 0) is 37.0 Å². The van der Waals surface area contributed by atoms with Gasteiger partial charge in [-0.25, -0.2) is 0 Å². The predicted octanol–water partition coefficient (Wildman–Crippen LogP) is 2.80. The molecule has 0 saturated heterocycles. The van der Waals surface area contributed by atoms with Crippen molar-refractivity contribution >= 4 is 17.3 Å². The van der Waals surface area contributed by atoms with E-state index in [1.165, 1.54) is 25.7 Å². The van der Waals surface area contributed by atoms with Crippen LogP contribution in [0.5, 0.6) is 5.75 Å². The first-order chi connectivity index (χ1) is 8.69. The smallest absolute Gasteiger partial charge is 0.224 e. The van der Waals surface area contributed by atoms with E-state index in [4.69, 9.17) is 10.5 Å². The highest BCUT2D eigenvalue weighted by Crippen LogP contribution is 2.28. The van der Waals surface area contributed by atoms with Gasteiger partial charge in [-0.2, -0.15) is 0 Å². The number of benzene rings is 1. The summed E-state index contributed by atoms with van der Waals surface area (Å²) in [7, 11) is 1.57. The molecule has 1 aliphatic rings. The zero-order valence-electron chi connectivity index (χ0n) is 10.7. The first-order valence-electron chi connectivity index (χ1n) is 6.42. The number of hydrogen-bond acceptors (Lipinski definition) is 3. The topological polar surface area (TPSA) is 64.3 Å². The van der Waals surface area contributed by atoms with Crippen LogP contribution in [0.1, 0.15) is 32.1 Å². The first-order valence-corrected chi connectivity index (χ1v) is 6.42. The fraction of sp³-hybridized carbons (Fsp3) is 0.500. The fourth-order valence-corrected chi connectivity index (χ4v) is 2.50. The number of nitrogens with one attached hydrogen (secondary N) is 1. The predicted molar refractivity (Wildman–Crippen MR) is 72.6 cm³/mol. The summed E-state index contributed by atoms with van der Waals surface area (Å²) in [6.07, 6.45) is 5.49. The van der Waals surface area contributed by atoms with Gasteiger partial charge < -0.3 is 15.8 Å². The molecule has 1 amide bonds. The van der Waals surface area contributed by atoms with Crippen LogP contribution in [0, 0.1) is 5.92 Å². The molecule has 3 N–H and O–H groups in total. The minimum Gasteiger partial charge on any atom is -0.495 e. The molecule has 4 heteroatoms. The molecule has 1 saturated carbocycles. The van der Waals surface area contributed by atoms with Crippen molar-refractivity contribution in [1.29, 1.82) is 0 Å². The summed E-state index contributed by atoms with van der Waals surface area (Å²) in [5, 5.41) is 2.89. The number of nitrogen functional groups attached to an aromatic ring is 1. The number of carbonyl (C=O) groups excluding carboxylic acids is 1. The Hall–Kier alpha value is -1.71. The molecular formula is C14H20N2O2. The standard InChI is InChI=1S/C14H20N2O2/c1-18-13-7-6-11(9-12(13)15)16-14(17)8-10-4-2-3-5-10/h6-7,9-10H,2-5,8,15H2,1H3,(H,16,17). The molecule has 0 atom stereocenters. The minimum absolute atomic E-state index is 0.0754. The lowest BCUT2D eigenvalue weighted by atomic mass is 10.0. The third-order valence-corrected chi connectivity index (χ3v) is 3.46. The highest BCUT2D eigenvalue weighted by molar-refractivity contribution is 5.91. The van der Waals surface area contributed by atoms with Crippen molar-refractivity contribution in [2.45, 2.75) is 32.1 Å². The van der Waals surface area contributed by atoms with Crippen molar-refractivity contribution in [1.82, 2.24) is 0 Å². The Balaban J connectivity index is 1.92. The number of nitrogens with two attached hydrogens (primary N) is 1. The number of anilines is 2. The molecule has 0 radical (unpaired) electrons. The second-order valence-electron chi connectivity index (χ2n) is 4.86. The van der Waals surface area contributed by atoms with Gasteiger partial charge >= 0.3 is 0 Å². The molecule has 0 unspecified atom stereocenters. The van der Waals surface area contributed by atoms with Crippen LogP contribution in [0.15, 0.2) is 18.2 Å². The Morgan fingerprint density at radius 2 is 2.17 bits per heavy atom. The fourth-order valence-electron chi connectivity index (χ4n) is 2.50. The number of ether oxygens (including phenoxy) is 1. The lowest BCUT2D eigenvalue weighted by molar-refractivity contribution is -0.117. The van der Waals surface area contributed by atoms with E-state index in [-0.39, 0.29) is 5.91 Å². The van der Waals surface area contributed by atoms with Crippen LogP contribution in [0.25, 0.3) is 0 Å². The van der Waals surface area contributed by atoms with E-state index in [9.17, 15) is 4.79 Å². The molecule has 98 valence electrons. The highest BCUT2D eigenvalue weighted by Gasteiger charge is 2.18. The van der Waals surface area contributed by atoms with Crippen molar-refractivity contribution in [2.24, 2.45) is 5.92 Å². The number of rotatable bonds is 4. The molecule has 0 aromatic heterocycles. The minimum atomic E-state index is 0.0754. The van der Waals surface area contributed by atoms with E-state index in [1.807, 2.05) is 6.07 Å². The maximum Gasteiger partial charge on any atom is 0.224 e. The summed E-state index contributed by atoms with van der Waals surface area (Å²) >= 11 is 0. The van der Waals surface area contributed by atoms with Crippen LogP contribution in [-0.2, 0) is 4.79 Å². The van der Waals surface area contributed by atoms with Crippen LogP contribution >= 0.6 is 0 Å². The van der Waals surface area contributed by atoms with Crippen molar-refractivity contribution in [3.05, 3.63) is 18.2 Å². The van der Waals surface area contributed by atoms with Gasteiger partial charge in [0.1, 0.15) is 5.75 Å². The van der Waals surface area contributed by atoms with Gasteiger partial charge in [0.25, 0.3) is 0 Å². The molecule has 0 bridgehead atoms. The molecule has 1 aromatic carbocycles. The zero-order valence-corrected chi connectivity index (χ0v) is 10.7. The van der Waals surface area contributed by atoms with E-state index in [0.29, 0.717) is 23.8 Å². The van der Waals surface area contributed by atoms with Gasteiger partial charge in [-0.15, -0.1) is 0 Å². The maximum atomic E-state index is 11.9. The van der Waals surface area contributed by atoms with Gasteiger partial charge in [-0.3, -0.25) is 4.79 Å². The molecule has 0 spiro atoms. The van der Waals surface area contributed by atoms with Crippen molar-refractivity contribution < 1.29 is 9.53 Å². The van der Waals surface area contributed by atoms with E-state index in [1.54, 1.807) is 19.2 Å². The van der Waals surface area contributed by atoms with E-state index in [0.717, 1.165) is 5.69 Å². The van der Waals surface area contributed by atoms with Crippen LogP contribution in [0.3, 0.4) is 0 Å². The average Bonchev–Trinajstić information content (AvgIpc) is 2.82. The lowest BCUT2D eigenvalue weighted by Gasteiger charge is -2.11. The van der Waals surface area contributed by atoms with Crippen LogP contribution in [0.2, 0.25) is 0 Å². The SMILES string of the molecule is COc1ccc(NC(=O)CC2CCCC2)cc1N. The summed E-state index contributed by atoms with van der Waals surface area (Å²) in [6, 6.07) is 5.30. The highest BCUT2D eigenvalue weighted by atomic mass is 16.5. The van der Waals surface area contributed by atoms with Crippen molar-refractivity contribution in [3.8, 4) is 5.75 Å². The summed E-state index contributed by atoms with van der Waals surface area (Å²) in [6.45, 7) is 0. The lowest BCUT2D eigenvalue weighted by Crippen LogP contribution is -2.15. The summed E-state index contributed by atoms with van der Waals surface area (Å²) < 4.78 is 5.07. The molecule has 1 aliphatic carbocycles. The third-order valence-electron chi connectivity index (χ3n) is 3.46. The maximum absolute atomic E-state index is 11.9. The van der Waals surface area contributed by atoms with Gasteiger partial charge in [0.05, 0.1) is 12.8 Å². The monoisotopic (exact) mass is 248 g/mol. The Kier molecular flexibility index (Phi) is 4.07. The Morgan fingerprint density at radius 1 is 1.44 bits per heavy atom. The molecule has 4 nitrogen and oxygen atoms in total. The number of methoxy groups -OCH3 is 1. The number of hydrogen-bond donors (Lipinski definition) is 2. The molecular weight excluding hydrogens is 228 g/mol. The van der Waals surface area contributed by atoms with Crippen LogP contribution in [-0.4, -0.2) is 13.0 Å². The van der Waals surface area contributed by atoms with Gasteiger partial charge in [0, 0.05) is 12.1 Å². The van der Waals surface area contributed by atoms with E-state index in [2.05, 4.69) is 5.32 Å². The van der Waals surface area contributed by atoms with Gasteiger partial charge in [-0.1, -0.05) is 12.8 Å². The van der Waals surface area contributed by atoms with Crippen molar-refractivity contribution in [3.63, 3.8) is 0 Å². The molecule has 1 fully saturated rings. The van der Waals surface area contributed by atoms with E-state index < -0.39 is 0 Å². The Morgan fingerprint density at radius 3 is 2.78 bits per heavy atom. The van der Waals surface area contributed by atoms with E-state index >= 15 is 0 Å². The largest absolute Gasteiger partial charge is 0.495 e. The normalized spacial score (nSPS) is 15.6. The molecule has 2 rings (SSSR count). The summed E-state index contributed by atoms with van der Waals surface area (Å²) in [4.78, 5) is 11.9. The second-order valence-corrected chi connectivity index (χ2v) is 4.86. The zero-order chi connectivity index (χ0) is 13.0. The average molecular weight is 248 g/mol. The molecule has 0 aliphatic heterocycles. The van der Waals surface area contributed by atoms with Crippen LogP contribution < -0.4 is 15.8 Å². The van der Waals surface area contributed by atoms with Crippen molar-refractivity contribution in [2.75, 3.05) is 18.2 Å².